The summed E-state index contributed by atoms with van der Waals surface area (Å²) in [5.41, 5.74) is 0.516. The number of aryl methyl sites for hydroxylation is 1. The number of nitrogens with zero attached hydrogens (tertiary/aromatic N) is 3. The van der Waals surface area contributed by atoms with Crippen molar-refractivity contribution in [3.63, 3.8) is 0 Å². The number of carboxylic acid groups (broad SMARTS) is 1. The number of aromatic nitrogens is 3. The largest absolute Gasteiger partial charge is 0.483 e. The summed E-state index contributed by atoms with van der Waals surface area (Å²) in [5.74, 6) is 2.52. The Balaban J connectivity index is 0.000000687. The molecular weight excluding hydrogens is 390 g/mol. The molecule has 5 heterocycles. The third-order valence-corrected chi connectivity index (χ3v) is 6.40. The Morgan fingerprint density at radius 1 is 1.53 bits per heavy atom. The molecule has 0 saturated carbocycles. The fraction of sp³-hybridized carbons (Fsp3) is 0.600. The van der Waals surface area contributed by atoms with Crippen molar-refractivity contribution in [1.82, 2.24) is 25.4 Å². The highest BCUT2D eigenvalue weighted by atomic mass is 16.5. The quantitative estimate of drug-likeness (QED) is 0.595. The van der Waals surface area contributed by atoms with Crippen molar-refractivity contribution in [1.29, 1.82) is 0 Å². The lowest BCUT2D eigenvalue weighted by molar-refractivity contribution is -0.122. The second kappa shape index (κ2) is 8.57. The van der Waals surface area contributed by atoms with Crippen molar-refractivity contribution in [3.8, 4) is 0 Å². The molecule has 10 nitrogen and oxygen atoms in total. The van der Waals surface area contributed by atoms with E-state index in [2.05, 4.69) is 32.3 Å². The smallest absolute Gasteiger partial charge is 0.290 e. The third kappa shape index (κ3) is 3.84. The van der Waals surface area contributed by atoms with Gasteiger partial charge in [0.2, 0.25) is 0 Å². The first-order chi connectivity index (χ1) is 14.6. The van der Waals surface area contributed by atoms with E-state index in [9.17, 15) is 4.79 Å². The molecule has 0 unspecified atom stereocenters. The van der Waals surface area contributed by atoms with E-state index in [0.29, 0.717) is 23.9 Å². The number of carbonyl (C=O) groups is 2. The SMILES string of the molecule is CCc1n[nH]c(CN2C[C@@H]3[C@H](CNC(=O)c4ccoc4)[C@H]4CC[C@]3(C2)O4)n1.O=CO. The molecule has 10 heteroatoms. The molecule has 5 rings (SSSR count). The van der Waals surface area contributed by atoms with Crippen molar-refractivity contribution >= 4 is 12.4 Å². The summed E-state index contributed by atoms with van der Waals surface area (Å²) >= 11 is 0. The maximum atomic E-state index is 12.3. The van der Waals surface area contributed by atoms with Crippen LogP contribution in [0, 0.1) is 11.8 Å². The summed E-state index contributed by atoms with van der Waals surface area (Å²) < 4.78 is 11.5. The number of carbonyl (C=O) groups excluding carboxylic acids is 1. The molecule has 3 N–H and O–H groups in total. The van der Waals surface area contributed by atoms with Gasteiger partial charge < -0.3 is 19.6 Å². The van der Waals surface area contributed by atoms with Gasteiger partial charge in [-0.3, -0.25) is 19.6 Å². The van der Waals surface area contributed by atoms with Gasteiger partial charge in [0.1, 0.15) is 17.9 Å². The topological polar surface area (TPSA) is 134 Å². The Morgan fingerprint density at radius 3 is 3.07 bits per heavy atom. The van der Waals surface area contributed by atoms with Crippen LogP contribution < -0.4 is 5.32 Å². The second-order valence-corrected chi connectivity index (χ2v) is 8.08. The zero-order valence-electron chi connectivity index (χ0n) is 16.9. The Hall–Kier alpha value is -2.72. The van der Waals surface area contributed by atoms with Gasteiger partial charge >= 0.3 is 0 Å². The van der Waals surface area contributed by atoms with Crippen LogP contribution in [0.1, 0.15) is 41.8 Å². The van der Waals surface area contributed by atoms with E-state index in [0.717, 1.165) is 50.5 Å². The molecule has 162 valence electrons. The summed E-state index contributed by atoms with van der Waals surface area (Å²) in [4.78, 5) is 27.6. The highest BCUT2D eigenvalue weighted by Gasteiger charge is 2.62. The third-order valence-electron chi connectivity index (χ3n) is 6.40. The number of fused-ring (bicyclic) bond motifs is 1. The molecule has 2 aromatic heterocycles. The van der Waals surface area contributed by atoms with Crippen molar-refractivity contribution in [2.24, 2.45) is 11.8 Å². The lowest BCUT2D eigenvalue weighted by Gasteiger charge is -2.29. The molecular formula is C20H27N5O5. The predicted molar refractivity (Wildman–Crippen MR) is 105 cm³/mol. The van der Waals surface area contributed by atoms with Crippen LogP contribution in [0.15, 0.2) is 23.0 Å². The van der Waals surface area contributed by atoms with Gasteiger partial charge in [0.25, 0.3) is 12.4 Å². The highest BCUT2D eigenvalue weighted by Crippen LogP contribution is 2.54. The van der Waals surface area contributed by atoms with Gasteiger partial charge in [-0.1, -0.05) is 6.92 Å². The Morgan fingerprint density at radius 2 is 2.37 bits per heavy atom. The minimum absolute atomic E-state index is 0.0523. The molecule has 3 aliphatic heterocycles. The maximum absolute atomic E-state index is 12.3. The lowest BCUT2D eigenvalue weighted by atomic mass is 9.73. The first kappa shape index (κ1) is 20.5. The summed E-state index contributed by atoms with van der Waals surface area (Å²) in [7, 11) is 0. The molecule has 0 aliphatic carbocycles. The Labute approximate surface area is 174 Å². The monoisotopic (exact) mass is 417 g/mol. The molecule has 1 spiro atoms. The van der Waals surface area contributed by atoms with Gasteiger partial charge in [0, 0.05) is 37.9 Å². The van der Waals surface area contributed by atoms with E-state index in [1.807, 2.05) is 0 Å². The van der Waals surface area contributed by atoms with E-state index in [1.165, 1.54) is 12.5 Å². The fourth-order valence-corrected chi connectivity index (χ4v) is 5.16. The van der Waals surface area contributed by atoms with Crippen LogP contribution >= 0.6 is 0 Å². The molecule has 1 amide bonds. The van der Waals surface area contributed by atoms with Crippen LogP contribution in [0.2, 0.25) is 0 Å². The van der Waals surface area contributed by atoms with Crippen molar-refractivity contribution < 1.29 is 23.8 Å². The van der Waals surface area contributed by atoms with Crippen LogP contribution in [0.5, 0.6) is 0 Å². The summed E-state index contributed by atoms with van der Waals surface area (Å²) in [6.07, 6.45) is 6.30. The van der Waals surface area contributed by atoms with E-state index in [4.69, 9.17) is 19.1 Å². The highest BCUT2D eigenvalue weighted by molar-refractivity contribution is 5.93. The van der Waals surface area contributed by atoms with Gasteiger partial charge in [-0.05, 0) is 18.9 Å². The number of hydrogen-bond donors (Lipinski definition) is 3. The maximum Gasteiger partial charge on any atom is 0.290 e. The number of likely N-dealkylation sites (tertiary alicyclic amines) is 1. The molecule has 30 heavy (non-hydrogen) atoms. The van der Waals surface area contributed by atoms with Crippen LogP contribution in [-0.2, 0) is 22.5 Å². The van der Waals surface area contributed by atoms with Gasteiger partial charge in [-0.2, -0.15) is 5.10 Å². The molecule has 3 fully saturated rings. The standard InChI is InChI=1S/C19H25N5O3.CH2O2/c1-2-16-21-17(23-22-16)9-24-8-14-13(15-3-5-19(14,11-24)27-15)7-20-18(25)12-4-6-26-10-12;2-1-3/h4,6,10,13-15H,2-3,5,7-9,11H2,1H3,(H,20,25)(H,21,22,23);1H,(H,2,3)/t13-,14+,15+,19+;/m0./s1. The molecule has 3 aliphatic rings. The number of furan rings is 1. The van der Waals surface area contributed by atoms with E-state index >= 15 is 0 Å². The average Bonchev–Trinajstić information content (AvgIpc) is 3.53. The van der Waals surface area contributed by atoms with Gasteiger partial charge in [-0.15, -0.1) is 0 Å². The summed E-state index contributed by atoms with van der Waals surface area (Å²) in [6.45, 7) is 5.14. The number of H-pyrrole nitrogens is 1. The lowest BCUT2D eigenvalue weighted by Crippen LogP contribution is -2.41. The minimum Gasteiger partial charge on any atom is -0.483 e. The van der Waals surface area contributed by atoms with Crippen molar-refractivity contribution in [2.45, 2.75) is 44.4 Å². The zero-order valence-corrected chi connectivity index (χ0v) is 16.9. The van der Waals surface area contributed by atoms with Gasteiger partial charge in [0.05, 0.1) is 30.1 Å². The molecule has 2 aromatic rings. The number of amides is 1. The number of aromatic amines is 1. The second-order valence-electron chi connectivity index (χ2n) is 8.08. The Kier molecular flexibility index (Phi) is 5.87. The normalized spacial score (nSPS) is 29.3. The van der Waals surface area contributed by atoms with Crippen LogP contribution in [0.25, 0.3) is 0 Å². The predicted octanol–water partition coefficient (Wildman–Crippen LogP) is 1.07. The van der Waals surface area contributed by atoms with Crippen molar-refractivity contribution in [2.75, 3.05) is 19.6 Å². The summed E-state index contributed by atoms with van der Waals surface area (Å²) in [6, 6.07) is 1.69. The first-order valence-electron chi connectivity index (χ1n) is 10.3. The van der Waals surface area contributed by atoms with E-state index in [1.54, 1.807) is 6.07 Å². The van der Waals surface area contributed by atoms with Crippen LogP contribution in [0.4, 0.5) is 0 Å². The van der Waals surface area contributed by atoms with E-state index in [-0.39, 0.29) is 24.1 Å². The molecule has 4 atom stereocenters. The zero-order chi connectivity index (χ0) is 21.1. The first-order valence-corrected chi connectivity index (χ1v) is 10.3. The number of rotatable bonds is 6. The summed E-state index contributed by atoms with van der Waals surface area (Å²) in [5, 5.41) is 17.2. The minimum atomic E-state index is -0.250. The number of hydrogen-bond acceptors (Lipinski definition) is 7. The van der Waals surface area contributed by atoms with Crippen LogP contribution in [-0.4, -0.2) is 68.9 Å². The number of nitrogens with one attached hydrogen (secondary N) is 2. The van der Waals surface area contributed by atoms with Crippen LogP contribution in [0.3, 0.4) is 0 Å². The molecule has 0 aromatic carbocycles. The number of ether oxygens (including phenoxy) is 1. The van der Waals surface area contributed by atoms with Gasteiger partial charge in [-0.25, -0.2) is 4.98 Å². The molecule has 2 bridgehead atoms. The fourth-order valence-electron chi connectivity index (χ4n) is 5.16. The van der Waals surface area contributed by atoms with Gasteiger partial charge in [0.15, 0.2) is 0 Å². The Bertz CT molecular complexity index is 869. The molecule has 0 radical (unpaired) electrons. The molecule has 3 saturated heterocycles. The van der Waals surface area contributed by atoms with E-state index < -0.39 is 0 Å². The van der Waals surface area contributed by atoms with Crippen molar-refractivity contribution in [3.05, 3.63) is 35.8 Å². The average molecular weight is 417 g/mol.